The van der Waals surface area contributed by atoms with Gasteiger partial charge in [0.1, 0.15) is 11.5 Å². The molecule has 0 radical (unpaired) electrons. The molecular weight excluding hydrogens is 248 g/mol. The van der Waals surface area contributed by atoms with Crippen LogP contribution in [-0.4, -0.2) is 25.7 Å². The van der Waals surface area contributed by atoms with Crippen LogP contribution >= 0.6 is 0 Å². The zero-order chi connectivity index (χ0) is 13.8. The summed E-state index contributed by atoms with van der Waals surface area (Å²) in [4.78, 5) is 2.40. The van der Waals surface area contributed by atoms with Crippen LogP contribution in [0.25, 0.3) is 0 Å². The van der Waals surface area contributed by atoms with Crippen molar-refractivity contribution >= 4 is 5.69 Å². The molecule has 3 heteroatoms. The highest BCUT2D eigenvalue weighted by Crippen LogP contribution is 2.26. The second-order valence-corrected chi connectivity index (χ2v) is 5.21. The Morgan fingerprint density at radius 1 is 1.05 bits per heavy atom. The Kier molecular flexibility index (Phi) is 3.88. The van der Waals surface area contributed by atoms with Crippen molar-refractivity contribution in [3.8, 4) is 11.5 Å². The molecule has 0 saturated carbocycles. The van der Waals surface area contributed by atoms with Crippen molar-refractivity contribution in [2.75, 3.05) is 24.5 Å². The molecule has 1 aliphatic rings. The number of hydrogen-bond acceptors (Lipinski definition) is 3. The number of hydrogen-bond donors (Lipinski definition) is 1. The van der Waals surface area contributed by atoms with Crippen LogP contribution in [0.1, 0.15) is 6.92 Å². The second-order valence-electron chi connectivity index (χ2n) is 5.21. The van der Waals surface area contributed by atoms with Crippen LogP contribution in [-0.2, 0) is 0 Å². The highest BCUT2D eigenvalue weighted by molar-refractivity contribution is 5.52. The van der Waals surface area contributed by atoms with Gasteiger partial charge in [0.25, 0.3) is 0 Å². The Morgan fingerprint density at radius 3 is 2.65 bits per heavy atom. The monoisotopic (exact) mass is 268 g/mol. The molecule has 3 nitrogen and oxygen atoms in total. The fourth-order valence-corrected chi connectivity index (χ4v) is 2.54. The maximum absolute atomic E-state index is 5.89. The van der Waals surface area contributed by atoms with Gasteiger partial charge in [0.2, 0.25) is 0 Å². The number of piperazine rings is 1. The predicted molar refractivity (Wildman–Crippen MR) is 82.6 cm³/mol. The van der Waals surface area contributed by atoms with Crippen molar-refractivity contribution in [1.29, 1.82) is 0 Å². The van der Waals surface area contributed by atoms with Gasteiger partial charge in [-0.2, -0.15) is 0 Å². The third-order valence-electron chi connectivity index (χ3n) is 3.53. The Balaban J connectivity index is 1.75. The van der Waals surface area contributed by atoms with Crippen molar-refractivity contribution in [3.63, 3.8) is 0 Å². The Bertz CT molecular complexity index is 556. The van der Waals surface area contributed by atoms with Gasteiger partial charge < -0.3 is 15.0 Å². The Hall–Kier alpha value is -2.00. The van der Waals surface area contributed by atoms with Crippen LogP contribution in [0.2, 0.25) is 0 Å². The molecule has 0 amide bonds. The summed E-state index contributed by atoms with van der Waals surface area (Å²) in [5, 5.41) is 3.46. The maximum Gasteiger partial charge on any atom is 0.129 e. The first-order valence-electron chi connectivity index (χ1n) is 7.12. The summed E-state index contributed by atoms with van der Waals surface area (Å²) in [6, 6.07) is 18.8. The number of para-hydroxylation sites is 1. The summed E-state index contributed by atoms with van der Waals surface area (Å²) in [5.74, 6) is 1.76. The van der Waals surface area contributed by atoms with Gasteiger partial charge in [0, 0.05) is 37.4 Å². The van der Waals surface area contributed by atoms with Crippen LogP contribution in [0.5, 0.6) is 11.5 Å². The lowest BCUT2D eigenvalue weighted by Crippen LogP contribution is -2.49. The van der Waals surface area contributed by atoms with Gasteiger partial charge in [0.05, 0.1) is 0 Å². The Labute approximate surface area is 120 Å². The van der Waals surface area contributed by atoms with Gasteiger partial charge in [-0.3, -0.25) is 0 Å². The van der Waals surface area contributed by atoms with Gasteiger partial charge in [-0.25, -0.2) is 0 Å². The smallest absolute Gasteiger partial charge is 0.129 e. The lowest BCUT2D eigenvalue weighted by molar-refractivity contribution is 0.475. The molecular formula is C17H20N2O. The summed E-state index contributed by atoms with van der Waals surface area (Å²) in [6.45, 7) is 5.33. The van der Waals surface area contributed by atoms with Crippen molar-refractivity contribution in [2.45, 2.75) is 13.0 Å². The van der Waals surface area contributed by atoms with E-state index >= 15 is 0 Å². The normalized spacial score (nSPS) is 18.9. The first-order valence-corrected chi connectivity index (χ1v) is 7.12. The van der Waals surface area contributed by atoms with Gasteiger partial charge in [-0.05, 0) is 31.2 Å². The molecule has 2 aromatic carbocycles. The fourth-order valence-electron chi connectivity index (χ4n) is 2.54. The molecule has 20 heavy (non-hydrogen) atoms. The van der Waals surface area contributed by atoms with Gasteiger partial charge >= 0.3 is 0 Å². The van der Waals surface area contributed by atoms with E-state index in [1.54, 1.807) is 0 Å². The predicted octanol–water partition coefficient (Wildman–Crippen LogP) is 3.28. The summed E-state index contributed by atoms with van der Waals surface area (Å²) in [7, 11) is 0. The van der Waals surface area contributed by atoms with E-state index in [0.29, 0.717) is 6.04 Å². The highest BCUT2D eigenvalue weighted by Gasteiger charge is 2.16. The molecule has 0 spiro atoms. The van der Waals surface area contributed by atoms with E-state index in [-0.39, 0.29) is 0 Å². The lowest BCUT2D eigenvalue weighted by atomic mass is 10.2. The summed E-state index contributed by atoms with van der Waals surface area (Å²) in [5.41, 5.74) is 1.23. The van der Waals surface area contributed by atoms with Crippen molar-refractivity contribution in [1.82, 2.24) is 5.32 Å². The number of nitrogens with one attached hydrogen (secondary N) is 1. The van der Waals surface area contributed by atoms with Gasteiger partial charge in [-0.1, -0.05) is 24.3 Å². The van der Waals surface area contributed by atoms with Crippen LogP contribution in [0.3, 0.4) is 0 Å². The van der Waals surface area contributed by atoms with E-state index in [1.165, 1.54) is 5.69 Å². The molecule has 104 valence electrons. The van der Waals surface area contributed by atoms with Crippen molar-refractivity contribution in [3.05, 3.63) is 54.6 Å². The first kappa shape index (κ1) is 13.0. The first-order chi connectivity index (χ1) is 9.81. The Morgan fingerprint density at radius 2 is 1.85 bits per heavy atom. The molecule has 0 bridgehead atoms. The lowest BCUT2D eigenvalue weighted by Gasteiger charge is -2.33. The van der Waals surface area contributed by atoms with Gasteiger partial charge in [-0.15, -0.1) is 0 Å². The molecule has 1 heterocycles. The van der Waals surface area contributed by atoms with E-state index in [4.69, 9.17) is 4.74 Å². The highest BCUT2D eigenvalue weighted by atomic mass is 16.5. The maximum atomic E-state index is 5.89. The molecule has 1 fully saturated rings. The molecule has 1 aliphatic heterocycles. The molecule has 0 aliphatic carbocycles. The quantitative estimate of drug-likeness (QED) is 0.924. The minimum atomic E-state index is 0.530. The molecule has 1 unspecified atom stereocenters. The molecule has 2 aromatic rings. The molecule has 1 saturated heterocycles. The minimum absolute atomic E-state index is 0.530. The number of anilines is 1. The third-order valence-corrected chi connectivity index (χ3v) is 3.53. The van der Waals surface area contributed by atoms with Crippen LogP contribution < -0.4 is 15.0 Å². The summed E-state index contributed by atoms with van der Waals surface area (Å²) < 4.78 is 5.89. The fraction of sp³-hybridized carbons (Fsp3) is 0.294. The summed E-state index contributed by atoms with van der Waals surface area (Å²) in [6.07, 6.45) is 0. The molecule has 1 atom stereocenters. The van der Waals surface area contributed by atoms with Crippen molar-refractivity contribution < 1.29 is 4.74 Å². The largest absolute Gasteiger partial charge is 0.457 e. The van der Waals surface area contributed by atoms with Crippen LogP contribution in [0.4, 0.5) is 5.69 Å². The van der Waals surface area contributed by atoms with E-state index in [9.17, 15) is 0 Å². The molecule has 1 N–H and O–H groups in total. The second kappa shape index (κ2) is 5.97. The zero-order valence-corrected chi connectivity index (χ0v) is 11.8. The average Bonchev–Trinajstić information content (AvgIpc) is 2.49. The third kappa shape index (κ3) is 3.11. The average molecular weight is 268 g/mol. The standard InChI is InChI=1S/C17H20N2O/c1-14-13-19(11-10-18-14)15-6-5-9-17(12-15)20-16-7-3-2-4-8-16/h2-9,12,14,18H,10-11,13H2,1H3. The van der Waals surface area contributed by atoms with E-state index in [0.717, 1.165) is 31.1 Å². The number of benzene rings is 2. The zero-order valence-electron chi connectivity index (χ0n) is 11.8. The van der Waals surface area contributed by atoms with Gasteiger partial charge in [0.15, 0.2) is 0 Å². The number of nitrogens with zero attached hydrogens (tertiary/aromatic N) is 1. The minimum Gasteiger partial charge on any atom is -0.457 e. The van der Waals surface area contributed by atoms with Crippen LogP contribution in [0, 0.1) is 0 Å². The SMILES string of the molecule is CC1CN(c2cccc(Oc3ccccc3)c2)CCN1. The van der Waals surface area contributed by atoms with Crippen LogP contribution in [0.15, 0.2) is 54.6 Å². The van der Waals surface area contributed by atoms with Crippen molar-refractivity contribution in [2.24, 2.45) is 0 Å². The molecule has 3 rings (SSSR count). The number of rotatable bonds is 3. The van der Waals surface area contributed by atoms with E-state index < -0.39 is 0 Å². The number of ether oxygens (including phenoxy) is 1. The van der Waals surface area contributed by atoms with E-state index in [1.807, 2.05) is 36.4 Å². The topological polar surface area (TPSA) is 24.5 Å². The molecule has 0 aromatic heterocycles. The van der Waals surface area contributed by atoms with E-state index in [2.05, 4.69) is 35.3 Å². The summed E-state index contributed by atoms with van der Waals surface area (Å²) >= 11 is 0.